The second-order valence-electron chi connectivity index (χ2n) is 13.7. The molecule has 0 spiro atoms. The molecule has 0 aromatic rings. The molecule has 0 aromatic heterocycles. The van der Waals surface area contributed by atoms with E-state index in [1.54, 1.807) is 0 Å². The van der Waals surface area contributed by atoms with E-state index in [-0.39, 0.29) is 42.2 Å². The molecule has 2 aliphatic heterocycles. The van der Waals surface area contributed by atoms with Crippen molar-refractivity contribution >= 4 is 0 Å². The minimum Gasteiger partial charge on any atom is -0.394 e. The number of ether oxygens (including phenoxy) is 4. The number of rotatable bonds is 6. The largest absolute Gasteiger partial charge is 0.394 e. The first kappa shape index (κ1) is 30.5. The smallest absolute Gasteiger partial charge is 0.186 e. The number of allylic oxidation sites excluding steroid dienone is 1. The summed E-state index contributed by atoms with van der Waals surface area (Å²) in [6, 6.07) is 0. The first-order chi connectivity index (χ1) is 18.8. The third kappa shape index (κ3) is 4.92. The van der Waals surface area contributed by atoms with Gasteiger partial charge in [-0.25, -0.2) is 0 Å². The van der Waals surface area contributed by atoms with Gasteiger partial charge in [0.25, 0.3) is 0 Å². The maximum atomic E-state index is 10.6. The van der Waals surface area contributed by atoms with Crippen LogP contribution in [0.1, 0.15) is 59.8 Å². The van der Waals surface area contributed by atoms with E-state index in [1.807, 2.05) is 6.08 Å². The Hall–Kier alpha value is -0.920. The van der Waals surface area contributed by atoms with Crippen LogP contribution in [0.4, 0.5) is 0 Å². The van der Waals surface area contributed by atoms with Crippen LogP contribution in [0.3, 0.4) is 0 Å². The molecule has 228 valence electrons. The van der Waals surface area contributed by atoms with Crippen LogP contribution in [0.2, 0.25) is 0 Å². The van der Waals surface area contributed by atoms with Crippen LogP contribution in [-0.2, 0) is 18.9 Å². The van der Waals surface area contributed by atoms with Crippen LogP contribution in [0.25, 0.3) is 0 Å². The van der Waals surface area contributed by atoms with Gasteiger partial charge >= 0.3 is 0 Å². The van der Waals surface area contributed by atoms with Gasteiger partial charge in [0.2, 0.25) is 0 Å². The van der Waals surface area contributed by atoms with Crippen molar-refractivity contribution in [1.29, 1.82) is 0 Å². The van der Waals surface area contributed by atoms with Crippen LogP contribution < -0.4 is 0 Å². The zero-order valence-corrected chi connectivity index (χ0v) is 24.1. The predicted octanol–water partition coefficient (Wildman–Crippen LogP) is 1.01. The fraction of sp³-hybridized carbons (Fsp3) is 0.867. The molecule has 0 radical (unpaired) electrons. The molecule has 0 aromatic carbocycles. The second-order valence-corrected chi connectivity index (χ2v) is 13.7. The van der Waals surface area contributed by atoms with E-state index in [9.17, 15) is 30.6 Å². The molecule has 6 N–H and O–H groups in total. The Bertz CT molecular complexity index is 970. The van der Waals surface area contributed by atoms with Crippen LogP contribution in [-0.4, -0.2) is 105 Å². The molecule has 5 aliphatic rings. The zero-order chi connectivity index (χ0) is 29.2. The van der Waals surface area contributed by atoms with Gasteiger partial charge in [-0.3, -0.25) is 0 Å². The molecular formula is C30H48O10. The number of fused-ring (bicyclic) bond motifs is 3. The quantitative estimate of drug-likeness (QED) is 0.256. The Morgan fingerprint density at radius 3 is 2.27 bits per heavy atom. The summed E-state index contributed by atoms with van der Waals surface area (Å²) >= 11 is 0. The second kappa shape index (κ2) is 11.0. The lowest BCUT2D eigenvalue weighted by atomic mass is 9.44. The van der Waals surface area contributed by atoms with E-state index >= 15 is 0 Å². The Morgan fingerprint density at radius 1 is 0.950 bits per heavy atom. The van der Waals surface area contributed by atoms with E-state index in [4.69, 9.17) is 18.9 Å². The van der Waals surface area contributed by atoms with Crippen molar-refractivity contribution < 1.29 is 49.6 Å². The van der Waals surface area contributed by atoms with E-state index in [1.165, 1.54) is 5.57 Å². The van der Waals surface area contributed by atoms with E-state index < -0.39 is 54.6 Å². The maximum Gasteiger partial charge on any atom is 0.186 e. The molecule has 40 heavy (non-hydrogen) atoms. The van der Waals surface area contributed by atoms with Gasteiger partial charge in [0, 0.05) is 5.41 Å². The van der Waals surface area contributed by atoms with Crippen LogP contribution >= 0.6 is 0 Å². The minimum absolute atomic E-state index is 0.0679. The number of hydrogen-bond acceptors (Lipinski definition) is 10. The Labute approximate surface area is 236 Å². The van der Waals surface area contributed by atoms with E-state index in [0.29, 0.717) is 12.3 Å². The minimum atomic E-state index is -1.36. The molecule has 14 atom stereocenters. The van der Waals surface area contributed by atoms with Crippen LogP contribution in [0.15, 0.2) is 24.3 Å². The summed E-state index contributed by atoms with van der Waals surface area (Å²) in [6.07, 6.45) is -1.35. The zero-order valence-electron chi connectivity index (χ0n) is 24.1. The molecule has 2 saturated heterocycles. The third-order valence-corrected chi connectivity index (χ3v) is 11.1. The lowest BCUT2D eigenvalue weighted by Crippen LogP contribution is -2.59. The Kier molecular flexibility index (Phi) is 8.38. The fourth-order valence-corrected chi connectivity index (χ4v) is 8.48. The van der Waals surface area contributed by atoms with Gasteiger partial charge in [-0.2, -0.15) is 0 Å². The number of aliphatic hydroxyl groups is 6. The summed E-state index contributed by atoms with van der Waals surface area (Å²) in [6.45, 7) is 12.4. The Morgan fingerprint density at radius 2 is 1.62 bits per heavy atom. The monoisotopic (exact) mass is 568 g/mol. The molecule has 2 saturated carbocycles. The molecule has 0 amide bonds. The molecular weight excluding hydrogens is 520 g/mol. The highest BCUT2D eigenvalue weighted by Gasteiger charge is 2.60. The molecule has 2 heterocycles. The summed E-state index contributed by atoms with van der Waals surface area (Å²) in [4.78, 5) is 0. The lowest BCUT2D eigenvalue weighted by molar-refractivity contribution is -0.292. The standard InChI is InChI=1S/C30H48O10/c1-6-29(4)12-15-7-8-19-28(2,3)20(39-27-25(36)23(34)18(13-31)38-27)9-10-30(19,5)16(15)11-21(29)40-26-24(35)22(33)17(32)14-37-26/h6,12,16-27,31-36H,1,7-11,13-14H2,2-5H3/t16-,17-,18+,19-,20-,21+,22+,23+,24-,25-,26+,27+,29+,30+/m1/s1. The molecule has 5 rings (SSSR count). The van der Waals surface area contributed by atoms with E-state index in [0.717, 1.165) is 25.7 Å². The average Bonchev–Trinajstić information content (AvgIpc) is 3.19. The summed E-state index contributed by atoms with van der Waals surface area (Å²) in [7, 11) is 0. The molecule has 10 heteroatoms. The summed E-state index contributed by atoms with van der Waals surface area (Å²) < 4.78 is 24.0. The predicted molar refractivity (Wildman–Crippen MR) is 144 cm³/mol. The van der Waals surface area contributed by atoms with Crippen molar-refractivity contribution in [2.75, 3.05) is 13.2 Å². The van der Waals surface area contributed by atoms with Crippen molar-refractivity contribution in [3.05, 3.63) is 24.3 Å². The first-order valence-corrected chi connectivity index (χ1v) is 14.7. The van der Waals surface area contributed by atoms with Crippen molar-refractivity contribution in [3.8, 4) is 0 Å². The summed E-state index contributed by atoms with van der Waals surface area (Å²) in [5.41, 5.74) is 0.569. The van der Waals surface area contributed by atoms with Gasteiger partial charge in [-0.15, -0.1) is 6.58 Å². The maximum absolute atomic E-state index is 10.6. The van der Waals surface area contributed by atoms with Crippen molar-refractivity contribution in [3.63, 3.8) is 0 Å². The van der Waals surface area contributed by atoms with Crippen molar-refractivity contribution in [2.24, 2.45) is 28.1 Å². The SMILES string of the molecule is C=C[C@@]1(C)C=C2CC[C@@H]3C(C)(C)[C@H](O[C@@H]4O[C@@H](CO)[C@H](O)[C@H]4O)CC[C@@]3(C)[C@@H]2C[C@@H]1O[C@@H]1OC[C@@H](O)[C@H](O)[C@H]1O. The average molecular weight is 569 g/mol. The molecule has 10 nitrogen and oxygen atoms in total. The highest BCUT2D eigenvalue weighted by Crippen LogP contribution is 2.64. The van der Waals surface area contributed by atoms with Gasteiger partial charge in [-0.1, -0.05) is 45.4 Å². The van der Waals surface area contributed by atoms with Gasteiger partial charge in [0.1, 0.15) is 36.6 Å². The molecule has 0 unspecified atom stereocenters. The number of hydrogen-bond donors (Lipinski definition) is 6. The molecule has 3 aliphatic carbocycles. The van der Waals surface area contributed by atoms with Crippen molar-refractivity contribution in [2.45, 2.75) is 121 Å². The highest BCUT2D eigenvalue weighted by molar-refractivity contribution is 5.29. The first-order valence-electron chi connectivity index (χ1n) is 14.7. The highest BCUT2D eigenvalue weighted by atomic mass is 16.7. The topological polar surface area (TPSA) is 158 Å². The van der Waals surface area contributed by atoms with E-state index in [2.05, 4.69) is 40.3 Å². The fourth-order valence-electron chi connectivity index (χ4n) is 8.48. The van der Waals surface area contributed by atoms with Gasteiger partial charge in [-0.05, 0) is 54.8 Å². The van der Waals surface area contributed by atoms with Crippen LogP contribution in [0.5, 0.6) is 0 Å². The normalized spacial score (nSPS) is 52.4. The Balaban J connectivity index is 1.36. The third-order valence-electron chi connectivity index (χ3n) is 11.1. The van der Waals surface area contributed by atoms with Gasteiger partial charge in [0.15, 0.2) is 12.6 Å². The summed E-state index contributed by atoms with van der Waals surface area (Å²) in [5.74, 6) is 0.509. The van der Waals surface area contributed by atoms with Gasteiger partial charge in [0.05, 0.1) is 25.4 Å². The summed E-state index contributed by atoms with van der Waals surface area (Å²) in [5, 5.41) is 60.8. The molecule has 4 fully saturated rings. The van der Waals surface area contributed by atoms with Gasteiger partial charge < -0.3 is 49.6 Å². The van der Waals surface area contributed by atoms with Crippen molar-refractivity contribution in [1.82, 2.24) is 0 Å². The lowest BCUT2D eigenvalue weighted by Gasteiger charge is -2.62. The number of aliphatic hydroxyl groups excluding tert-OH is 6. The molecule has 0 bridgehead atoms. The van der Waals surface area contributed by atoms with Crippen LogP contribution in [0, 0.1) is 28.1 Å².